The molecule has 1 heterocycles. The number of fused-ring (bicyclic) bond motifs is 3. The lowest BCUT2D eigenvalue weighted by molar-refractivity contribution is -0.249. The second-order valence-electron chi connectivity index (χ2n) is 17.7. The summed E-state index contributed by atoms with van der Waals surface area (Å²) >= 11 is 1.42. The summed E-state index contributed by atoms with van der Waals surface area (Å²) in [5.41, 5.74) is -4.45. The molecule has 0 saturated carbocycles. The van der Waals surface area contributed by atoms with Gasteiger partial charge in [-0.15, -0.1) is 0 Å². The van der Waals surface area contributed by atoms with Crippen molar-refractivity contribution in [3.63, 3.8) is 0 Å². The minimum absolute atomic E-state index is 0.0211. The third-order valence-electron chi connectivity index (χ3n) is 12.2. The highest BCUT2D eigenvalue weighted by Crippen LogP contribution is 2.52. The summed E-state index contributed by atoms with van der Waals surface area (Å²) in [6, 6.07) is -0.328. The number of carbonyl (C=O) groups excluding carboxylic acids is 7. The number of ketones is 3. The van der Waals surface area contributed by atoms with Gasteiger partial charge in [-0.1, -0.05) is 26.0 Å². The highest BCUT2D eigenvalue weighted by molar-refractivity contribution is 7.98. The number of Topliss-reactive ketones (excluding diaryl/α,β-unsaturated/α-hetero) is 1. The van der Waals surface area contributed by atoms with Crippen molar-refractivity contribution in [3.05, 3.63) is 51.6 Å². The summed E-state index contributed by atoms with van der Waals surface area (Å²) in [7, 11) is 1.28. The fraction of sp³-hybridized carbons (Fsp3) is 0.565. The Labute approximate surface area is 396 Å². The number of hydrogen-bond donors (Lipinski definition) is 10. The predicted molar refractivity (Wildman–Crippen MR) is 241 cm³/mol. The molecule has 22 heteroatoms. The van der Waals surface area contributed by atoms with Crippen LogP contribution in [0.2, 0.25) is 0 Å². The number of aliphatic carboxylic acids is 1. The van der Waals surface area contributed by atoms with Crippen LogP contribution in [0.3, 0.4) is 0 Å². The molecule has 0 spiro atoms. The van der Waals surface area contributed by atoms with Crippen LogP contribution in [-0.4, -0.2) is 152 Å². The van der Waals surface area contributed by atoms with E-state index in [0.717, 1.165) is 0 Å². The van der Waals surface area contributed by atoms with E-state index in [4.69, 9.17) is 19.3 Å². The Morgan fingerprint density at radius 1 is 0.926 bits per heavy atom. The monoisotopic (exact) mass is 972 g/mol. The van der Waals surface area contributed by atoms with Gasteiger partial charge >= 0.3 is 5.97 Å². The largest absolute Gasteiger partial charge is 0.507 e. The molecular weight excluding hydrogens is 913 g/mol. The van der Waals surface area contributed by atoms with E-state index in [1.165, 1.54) is 50.9 Å². The highest BCUT2D eigenvalue weighted by atomic mass is 32.2. The van der Waals surface area contributed by atoms with Crippen molar-refractivity contribution in [2.75, 3.05) is 25.7 Å². The van der Waals surface area contributed by atoms with Gasteiger partial charge in [-0.2, -0.15) is 11.8 Å². The summed E-state index contributed by atoms with van der Waals surface area (Å²) in [6.07, 6.45) is -5.17. The summed E-state index contributed by atoms with van der Waals surface area (Å²) in [6.45, 7) is 5.33. The maximum atomic E-state index is 14.1. The van der Waals surface area contributed by atoms with Crippen molar-refractivity contribution in [2.45, 2.75) is 133 Å². The van der Waals surface area contributed by atoms with Crippen LogP contribution in [0.4, 0.5) is 0 Å². The molecule has 1 saturated heterocycles. The van der Waals surface area contributed by atoms with Crippen molar-refractivity contribution in [2.24, 2.45) is 5.92 Å². The van der Waals surface area contributed by atoms with Crippen LogP contribution >= 0.6 is 11.8 Å². The molecule has 2 aromatic rings. The number of carbonyl (C=O) groups is 8. The van der Waals surface area contributed by atoms with Crippen molar-refractivity contribution in [3.8, 4) is 17.2 Å². The summed E-state index contributed by atoms with van der Waals surface area (Å²) < 4.78 is 17.6. The van der Waals surface area contributed by atoms with Crippen LogP contribution in [-0.2, 0) is 44.7 Å². The Balaban J connectivity index is 1.36. The lowest BCUT2D eigenvalue weighted by Gasteiger charge is -2.43. The maximum absolute atomic E-state index is 14.1. The van der Waals surface area contributed by atoms with Gasteiger partial charge in [0.2, 0.25) is 29.4 Å². The Bertz CT molecular complexity index is 2310. The molecule has 21 nitrogen and oxygen atoms in total. The van der Waals surface area contributed by atoms with Crippen molar-refractivity contribution >= 4 is 58.7 Å². The first-order chi connectivity index (χ1) is 32.1. The van der Waals surface area contributed by atoms with Crippen molar-refractivity contribution in [1.29, 1.82) is 0 Å². The molecule has 372 valence electrons. The molecule has 1 fully saturated rings. The highest BCUT2D eigenvalue weighted by Gasteiger charge is 2.50. The molecule has 0 radical (unpaired) electrons. The first-order valence-corrected chi connectivity index (χ1v) is 23.6. The number of thioether (sulfide) groups is 1. The predicted octanol–water partition coefficient (Wildman–Crippen LogP) is 0.687. The number of nitrogens with one attached hydrogen (secondary N) is 4. The number of phenols is 2. The van der Waals surface area contributed by atoms with Gasteiger partial charge in [-0.3, -0.25) is 38.4 Å². The normalized spacial score (nSPS) is 23.2. The fourth-order valence-electron chi connectivity index (χ4n) is 8.69. The van der Waals surface area contributed by atoms with Crippen LogP contribution < -0.4 is 26.0 Å². The Hall–Kier alpha value is -5.65. The maximum Gasteiger partial charge on any atom is 0.303 e. The molecule has 10 N–H and O–H groups in total. The number of hydrogen-bond acceptors (Lipinski definition) is 17. The first kappa shape index (κ1) is 53.3. The lowest BCUT2D eigenvalue weighted by Crippen LogP contribution is -2.60. The van der Waals surface area contributed by atoms with Crippen molar-refractivity contribution < 1.29 is 83.2 Å². The summed E-state index contributed by atoms with van der Waals surface area (Å²) in [5, 5.41) is 75.8. The molecule has 0 aromatic heterocycles. The van der Waals surface area contributed by atoms with Crippen LogP contribution in [0.5, 0.6) is 17.2 Å². The topological polar surface area (TPSA) is 334 Å². The van der Waals surface area contributed by atoms with Crippen LogP contribution in [0, 0.1) is 5.92 Å². The third kappa shape index (κ3) is 11.8. The molecule has 3 aliphatic rings. The van der Waals surface area contributed by atoms with Gasteiger partial charge in [-0.05, 0) is 57.1 Å². The molecule has 0 unspecified atom stereocenters. The minimum atomic E-state index is -2.42. The smallest absolute Gasteiger partial charge is 0.303 e. The quantitative estimate of drug-likeness (QED) is 0.0657. The standard InChI is InChI=1S/C46H60N4O17S/c1-20(2)15-27(50-43(61)21(3)47-44(62)25(13-14-68-6)48-31(53)11-8-12-32(54)55)45(63)49-26-16-33(66-22(4)38(26)56)67-29-18-46(64,30(52)19-51)17-24-35(29)42(60)37-36(40(24)58)39(57)23-9-7-10-28(65-5)34(23)41(37)59/h7,9-10,20-22,25-27,29,33,38,51,56,58,60,64H,8,11-19H2,1-6H3,(H,47,62)(H,48,53)(H,49,63)(H,50,61)(H,54,55)/t21-,22-,25-,26-,27-,29-,33-,38+,46-/m0/s1. The Kier molecular flexibility index (Phi) is 17.7. The van der Waals surface area contributed by atoms with Gasteiger partial charge in [0.05, 0.1) is 42.0 Å². The molecule has 9 atom stereocenters. The van der Waals surface area contributed by atoms with E-state index in [-0.39, 0.29) is 72.4 Å². The fourth-order valence-corrected chi connectivity index (χ4v) is 9.16. The average Bonchev–Trinajstić information content (AvgIpc) is 3.28. The molecule has 2 aliphatic carbocycles. The molecule has 4 amide bonds. The number of aliphatic hydroxyl groups is 3. The SMILES string of the molecule is COc1cccc2c1C(=O)c1c(O)c3c(c(O)c1C2=O)C[C@@](O)(C(=O)CO)C[C@@H]3O[C@H]1C[C@H](NC(=O)[C@H](CC(C)C)NC(=O)[C@H](C)NC(=O)[C@H](CCSC)NC(=O)CCCC(=O)O)[C@H](O)[C@H](C)O1. The average molecular weight is 973 g/mol. The van der Waals surface area contributed by atoms with Gasteiger partial charge < -0.3 is 66.1 Å². The van der Waals surface area contributed by atoms with Gasteiger partial charge in [0.1, 0.15) is 53.7 Å². The number of aliphatic hydroxyl groups excluding tert-OH is 2. The molecular formula is C46H60N4O17S. The number of ether oxygens (including phenoxy) is 3. The van der Waals surface area contributed by atoms with E-state index in [2.05, 4.69) is 21.3 Å². The minimum Gasteiger partial charge on any atom is -0.507 e. The van der Waals surface area contributed by atoms with Gasteiger partial charge in [0, 0.05) is 48.8 Å². The zero-order valence-corrected chi connectivity index (χ0v) is 39.4. The van der Waals surface area contributed by atoms with Gasteiger partial charge in [0.15, 0.2) is 17.9 Å². The number of aromatic hydroxyl groups is 2. The summed E-state index contributed by atoms with van der Waals surface area (Å²) in [5.74, 6) is -7.79. The number of phenolic OH excluding ortho intramolecular Hbond substituents is 2. The molecule has 1 aliphatic heterocycles. The number of benzene rings is 2. The van der Waals surface area contributed by atoms with Crippen molar-refractivity contribution in [1.82, 2.24) is 21.3 Å². The van der Waals surface area contributed by atoms with Gasteiger partial charge in [0.25, 0.3) is 0 Å². The zero-order chi connectivity index (χ0) is 50.4. The number of carboxylic acids is 1. The van der Waals surface area contributed by atoms with E-state index in [1.807, 2.05) is 6.26 Å². The second kappa shape index (κ2) is 22.6. The van der Waals surface area contributed by atoms with Crippen LogP contribution in [0.25, 0.3) is 0 Å². The van der Waals surface area contributed by atoms with E-state index >= 15 is 0 Å². The van der Waals surface area contributed by atoms with E-state index < -0.39 is 143 Å². The third-order valence-corrected chi connectivity index (χ3v) is 12.9. The molecule has 68 heavy (non-hydrogen) atoms. The van der Waals surface area contributed by atoms with E-state index in [1.54, 1.807) is 13.8 Å². The first-order valence-electron chi connectivity index (χ1n) is 22.2. The lowest BCUT2D eigenvalue weighted by atomic mass is 9.72. The van der Waals surface area contributed by atoms with Crippen LogP contribution in [0.15, 0.2) is 18.2 Å². The summed E-state index contributed by atoms with van der Waals surface area (Å²) in [4.78, 5) is 105. The second-order valence-corrected chi connectivity index (χ2v) is 18.7. The Morgan fingerprint density at radius 2 is 1.62 bits per heavy atom. The Morgan fingerprint density at radius 3 is 2.25 bits per heavy atom. The number of amides is 4. The zero-order valence-electron chi connectivity index (χ0n) is 38.6. The molecule has 0 bridgehead atoms. The number of rotatable bonds is 21. The number of carboxylic acid groups (broad SMARTS) is 1. The molecule has 2 aromatic carbocycles. The van der Waals surface area contributed by atoms with E-state index in [0.29, 0.717) is 5.75 Å². The van der Waals surface area contributed by atoms with E-state index in [9.17, 15) is 63.9 Å². The molecule has 5 rings (SSSR count). The number of methoxy groups -OCH3 is 1. The van der Waals surface area contributed by atoms with Crippen LogP contribution in [0.1, 0.15) is 122 Å². The van der Waals surface area contributed by atoms with Gasteiger partial charge in [-0.25, -0.2) is 0 Å².